The Hall–Kier alpha value is -1.10. The zero-order chi connectivity index (χ0) is 13.2. The molecule has 2 rings (SSSR count). The van der Waals surface area contributed by atoms with E-state index in [0.29, 0.717) is 5.02 Å². The Labute approximate surface area is 111 Å². The van der Waals surface area contributed by atoms with Crippen LogP contribution in [0.2, 0.25) is 5.02 Å². The topological polar surface area (TPSA) is 60.9 Å². The number of aromatic nitrogens is 2. The highest BCUT2D eigenvalue weighted by molar-refractivity contribution is 6.35. The summed E-state index contributed by atoms with van der Waals surface area (Å²) in [5, 5.41) is 21.2. The van der Waals surface area contributed by atoms with Crippen molar-refractivity contribution in [3.8, 4) is 0 Å². The second-order valence-electron chi connectivity index (χ2n) is 5.08. The molecule has 18 heavy (non-hydrogen) atoms. The monoisotopic (exact) mass is 267 g/mol. The molecule has 0 radical (unpaired) electrons. The van der Waals surface area contributed by atoms with Gasteiger partial charge in [0.05, 0.1) is 23.3 Å². The zero-order valence-electron chi connectivity index (χ0n) is 10.6. The molecule has 0 amide bonds. The van der Waals surface area contributed by atoms with Crippen LogP contribution in [0, 0.1) is 0 Å². The molecule has 0 atom stereocenters. The van der Waals surface area contributed by atoms with Gasteiger partial charge in [-0.05, 0) is 38.4 Å². The number of aliphatic hydroxyl groups excluding tert-OH is 1. The maximum atomic E-state index is 9.17. The van der Waals surface area contributed by atoms with Crippen LogP contribution in [-0.4, -0.2) is 34.0 Å². The summed E-state index contributed by atoms with van der Waals surface area (Å²) in [5.41, 5.74) is 1.84. The molecule has 5 heteroatoms. The lowest BCUT2D eigenvalue weighted by atomic mass is 10.0. The highest BCUT2D eigenvalue weighted by atomic mass is 35.5. The van der Waals surface area contributed by atoms with Crippen molar-refractivity contribution in [3.63, 3.8) is 0 Å². The van der Waals surface area contributed by atoms with Crippen LogP contribution in [0.4, 0.5) is 0 Å². The first-order valence-corrected chi connectivity index (χ1v) is 6.37. The van der Waals surface area contributed by atoms with Crippen molar-refractivity contribution >= 4 is 22.5 Å². The standard InChI is InChI=1S/C13H18ClN3O/c1-13(2,8-18)15-6-5-9-3-4-11(14)12-10(9)7-16-17-12/h3-4,7,15,18H,5-6,8H2,1-2H3,(H,16,17). The number of nitrogens with one attached hydrogen (secondary N) is 2. The van der Waals surface area contributed by atoms with Crippen LogP contribution in [0.1, 0.15) is 19.4 Å². The molecule has 1 heterocycles. The number of fused-ring (bicyclic) bond motifs is 1. The number of hydrogen-bond donors (Lipinski definition) is 3. The molecular weight excluding hydrogens is 250 g/mol. The number of aromatic amines is 1. The van der Waals surface area contributed by atoms with E-state index >= 15 is 0 Å². The van der Waals surface area contributed by atoms with Crippen molar-refractivity contribution in [1.29, 1.82) is 0 Å². The third kappa shape index (κ3) is 2.83. The molecule has 3 N–H and O–H groups in total. The molecule has 0 unspecified atom stereocenters. The van der Waals surface area contributed by atoms with Gasteiger partial charge in [0.2, 0.25) is 0 Å². The summed E-state index contributed by atoms with van der Waals surface area (Å²) in [4.78, 5) is 0. The third-order valence-corrected chi connectivity index (χ3v) is 3.36. The second-order valence-corrected chi connectivity index (χ2v) is 5.49. The molecular formula is C13H18ClN3O. The van der Waals surface area contributed by atoms with Crippen LogP contribution in [0.15, 0.2) is 18.3 Å². The molecule has 2 aromatic rings. The summed E-state index contributed by atoms with van der Waals surface area (Å²) in [6.07, 6.45) is 2.67. The lowest BCUT2D eigenvalue weighted by Gasteiger charge is -2.23. The van der Waals surface area contributed by atoms with Crippen LogP contribution in [0.3, 0.4) is 0 Å². The van der Waals surface area contributed by atoms with Gasteiger partial charge >= 0.3 is 0 Å². The van der Waals surface area contributed by atoms with E-state index < -0.39 is 0 Å². The fourth-order valence-corrected chi connectivity index (χ4v) is 2.08. The molecule has 0 aliphatic heterocycles. The molecule has 0 saturated carbocycles. The fourth-order valence-electron chi connectivity index (χ4n) is 1.87. The van der Waals surface area contributed by atoms with Crippen LogP contribution < -0.4 is 5.32 Å². The third-order valence-electron chi connectivity index (χ3n) is 3.05. The Morgan fingerprint density at radius 1 is 1.44 bits per heavy atom. The molecule has 0 aliphatic carbocycles. The van der Waals surface area contributed by atoms with Gasteiger partial charge in [-0.15, -0.1) is 0 Å². The molecule has 98 valence electrons. The number of aliphatic hydroxyl groups is 1. The van der Waals surface area contributed by atoms with Gasteiger partial charge < -0.3 is 10.4 Å². The number of nitrogens with zero attached hydrogens (tertiary/aromatic N) is 1. The van der Waals surface area contributed by atoms with E-state index in [-0.39, 0.29) is 12.1 Å². The average Bonchev–Trinajstić information content (AvgIpc) is 2.82. The van der Waals surface area contributed by atoms with Crippen molar-refractivity contribution in [2.24, 2.45) is 0 Å². The van der Waals surface area contributed by atoms with Gasteiger partial charge in [0.25, 0.3) is 0 Å². The van der Waals surface area contributed by atoms with Gasteiger partial charge in [0, 0.05) is 10.9 Å². The average molecular weight is 268 g/mol. The van der Waals surface area contributed by atoms with E-state index in [1.807, 2.05) is 26.0 Å². The summed E-state index contributed by atoms with van der Waals surface area (Å²) in [7, 11) is 0. The Bertz CT molecular complexity index is 536. The Balaban J connectivity index is 2.09. The largest absolute Gasteiger partial charge is 0.394 e. The van der Waals surface area contributed by atoms with Crippen LogP contribution in [0.25, 0.3) is 10.9 Å². The number of H-pyrrole nitrogens is 1. The number of hydrogen-bond acceptors (Lipinski definition) is 3. The van der Waals surface area contributed by atoms with Crippen molar-refractivity contribution in [1.82, 2.24) is 15.5 Å². The molecule has 0 saturated heterocycles. The first-order valence-electron chi connectivity index (χ1n) is 6.00. The number of benzene rings is 1. The minimum absolute atomic E-state index is 0.120. The quantitative estimate of drug-likeness (QED) is 0.778. The SMILES string of the molecule is CC(C)(CO)NCCc1ccc(Cl)c2[nH]ncc12. The summed E-state index contributed by atoms with van der Waals surface area (Å²) in [5.74, 6) is 0. The van der Waals surface area contributed by atoms with Gasteiger partial charge in [-0.1, -0.05) is 17.7 Å². The predicted octanol–water partition coefficient (Wildman–Crippen LogP) is 2.12. The van der Waals surface area contributed by atoms with Gasteiger partial charge in [-0.2, -0.15) is 5.10 Å². The lowest BCUT2D eigenvalue weighted by molar-refractivity contribution is 0.189. The van der Waals surface area contributed by atoms with Gasteiger partial charge in [-0.25, -0.2) is 0 Å². The molecule has 0 bridgehead atoms. The van der Waals surface area contributed by atoms with E-state index in [4.69, 9.17) is 11.6 Å². The number of rotatable bonds is 5. The predicted molar refractivity (Wildman–Crippen MR) is 74.0 cm³/mol. The van der Waals surface area contributed by atoms with E-state index in [1.54, 1.807) is 6.20 Å². The summed E-state index contributed by atoms with van der Waals surface area (Å²) >= 11 is 6.08. The Morgan fingerprint density at radius 3 is 2.94 bits per heavy atom. The van der Waals surface area contributed by atoms with E-state index in [2.05, 4.69) is 15.5 Å². The minimum Gasteiger partial charge on any atom is -0.394 e. The highest BCUT2D eigenvalue weighted by Crippen LogP contribution is 2.24. The van der Waals surface area contributed by atoms with E-state index in [0.717, 1.165) is 23.9 Å². The van der Waals surface area contributed by atoms with Gasteiger partial charge in [0.1, 0.15) is 0 Å². The maximum absolute atomic E-state index is 9.17. The van der Waals surface area contributed by atoms with Crippen molar-refractivity contribution in [2.75, 3.05) is 13.2 Å². The zero-order valence-corrected chi connectivity index (χ0v) is 11.4. The highest BCUT2D eigenvalue weighted by Gasteiger charge is 2.15. The van der Waals surface area contributed by atoms with Crippen LogP contribution in [0.5, 0.6) is 0 Å². The molecule has 1 aromatic carbocycles. The van der Waals surface area contributed by atoms with Crippen LogP contribution in [-0.2, 0) is 6.42 Å². The molecule has 0 spiro atoms. The lowest BCUT2D eigenvalue weighted by Crippen LogP contribution is -2.43. The Kier molecular flexibility index (Phi) is 3.90. The van der Waals surface area contributed by atoms with Gasteiger partial charge in [0.15, 0.2) is 0 Å². The van der Waals surface area contributed by atoms with E-state index in [1.165, 1.54) is 5.56 Å². The first kappa shape index (κ1) is 13.3. The summed E-state index contributed by atoms with van der Waals surface area (Å²) < 4.78 is 0. The van der Waals surface area contributed by atoms with E-state index in [9.17, 15) is 5.11 Å². The molecule has 4 nitrogen and oxygen atoms in total. The Morgan fingerprint density at radius 2 is 2.22 bits per heavy atom. The number of halogens is 1. The van der Waals surface area contributed by atoms with Gasteiger partial charge in [-0.3, -0.25) is 5.10 Å². The molecule has 0 aliphatic rings. The van der Waals surface area contributed by atoms with Crippen molar-refractivity contribution < 1.29 is 5.11 Å². The van der Waals surface area contributed by atoms with Crippen LogP contribution >= 0.6 is 11.6 Å². The molecule has 1 aromatic heterocycles. The normalized spacial score (nSPS) is 12.2. The minimum atomic E-state index is -0.248. The van der Waals surface area contributed by atoms with Crippen molar-refractivity contribution in [2.45, 2.75) is 25.8 Å². The maximum Gasteiger partial charge on any atom is 0.0839 e. The van der Waals surface area contributed by atoms with Crippen molar-refractivity contribution in [3.05, 3.63) is 28.9 Å². The smallest absolute Gasteiger partial charge is 0.0839 e. The summed E-state index contributed by atoms with van der Waals surface area (Å²) in [6, 6.07) is 3.91. The molecule has 0 fully saturated rings. The summed E-state index contributed by atoms with van der Waals surface area (Å²) in [6.45, 7) is 4.87. The second kappa shape index (κ2) is 5.26. The fraction of sp³-hybridized carbons (Fsp3) is 0.462. The first-order chi connectivity index (χ1) is 8.53.